The summed E-state index contributed by atoms with van der Waals surface area (Å²) in [5.41, 5.74) is 0.543. The summed E-state index contributed by atoms with van der Waals surface area (Å²) in [6.07, 6.45) is 3.17. The summed E-state index contributed by atoms with van der Waals surface area (Å²) in [5, 5.41) is 2.72. The normalized spacial score (nSPS) is 16.2. The predicted molar refractivity (Wildman–Crippen MR) is 117 cm³/mol. The first-order chi connectivity index (χ1) is 15.5. The van der Waals surface area contributed by atoms with Gasteiger partial charge in [-0.2, -0.15) is 0 Å². The highest BCUT2D eigenvalue weighted by atomic mass is 16.6. The lowest BCUT2D eigenvalue weighted by atomic mass is 9.78. The van der Waals surface area contributed by atoms with Crippen molar-refractivity contribution < 1.29 is 33.3 Å². The molecule has 1 amide bonds. The molecule has 0 spiro atoms. The van der Waals surface area contributed by atoms with E-state index in [0.29, 0.717) is 54.7 Å². The summed E-state index contributed by atoms with van der Waals surface area (Å²) in [4.78, 5) is 25.6. The van der Waals surface area contributed by atoms with Crippen molar-refractivity contribution in [3.05, 3.63) is 42.0 Å². The van der Waals surface area contributed by atoms with Crippen LogP contribution >= 0.6 is 0 Å². The van der Waals surface area contributed by atoms with Crippen LogP contribution in [0.4, 0.5) is 5.69 Å². The standard InChI is InChI=1S/C24H27NO7/c1-28-18-12-17(13-19(14-18)29-2)25-22(26)15-32-23(27)24(7-3-4-8-24)16-5-6-20-21(11-16)31-10-9-30-20/h5-6,11-14H,3-4,7-10,15H2,1-2H3,(H,25,26). The monoisotopic (exact) mass is 441 g/mol. The van der Waals surface area contributed by atoms with E-state index in [4.69, 9.17) is 23.7 Å². The first kappa shape index (κ1) is 21.8. The average molecular weight is 441 g/mol. The highest BCUT2D eigenvalue weighted by Gasteiger charge is 2.45. The van der Waals surface area contributed by atoms with Crippen LogP contribution in [-0.2, 0) is 19.7 Å². The molecule has 2 aliphatic rings. The zero-order valence-electron chi connectivity index (χ0n) is 18.3. The van der Waals surface area contributed by atoms with Crippen molar-refractivity contribution in [1.82, 2.24) is 0 Å². The Balaban J connectivity index is 1.44. The van der Waals surface area contributed by atoms with Crippen LogP contribution in [0.25, 0.3) is 0 Å². The Morgan fingerprint density at radius 2 is 1.59 bits per heavy atom. The molecule has 1 N–H and O–H groups in total. The number of hydrogen-bond donors (Lipinski definition) is 1. The smallest absolute Gasteiger partial charge is 0.317 e. The third kappa shape index (κ3) is 4.44. The van der Waals surface area contributed by atoms with E-state index >= 15 is 0 Å². The molecule has 0 bridgehead atoms. The van der Waals surface area contributed by atoms with Crippen molar-refractivity contribution >= 4 is 17.6 Å². The Labute approximate surface area is 186 Å². The van der Waals surface area contributed by atoms with Crippen LogP contribution in [0, 0.1) is 0 Å². The molecular formula is C24H27NO7. The molecule has 2 aromatic carbocycles. The van der Waals surface area contributed by atoms with Crippen molar-refractivity contribution in [2.24, 2.45) is 0 Å². The van der Waals surface area contributed by atoms with Crippen LogP contribution in [0.2, 0.25) is 0 Å². The number of fused-ring (bicyclic) bond motifs is 1. The Bertz CT molecular complexity index is 976. The minimum Gasteiger partial charge on any atom is -0.497 e. The van der Waals surface area contributed by atoms with Gasteiger partial charge in [-0.05, 0) is 30.5 Å². The molecule has 1 fully saturated rings. The van der Waals surface area contributed by atoms with Gasteiger partial charge in [-0.15, -0.1) is 0 Å². The second-order valence-electron chi connectivity index (χ2n) is 7.87. The Kier molecular flexibility index (Phi) is 6.39. The maximum atomic E-state index is 13.2. The third-order valence-corrected chi connectivity index (χ3v) is 5.91. The zero-order chi connectivity index (χ0) is 22.6. The summed E-state index contributed by atoms with van der Waals surface area (Å²) in [7, 11) is 3.06. The molecule has 4 rings (SSSR count). The van der Waals surface area contributed by atoms with Crippen LogP contribution in [0.15, 0.2) is 36.4 Å². The lowest BCUT2D eigenvalue weighted by Crippen LogP contribution is -2.36. The summed E-state index contributed by atoms with van der Waals surface area (Å²) in [6.45, 7) is 0.599. The van der Waals surface area contributed by atoms with Gasteiger partial charge >= 0.3 is 5.97 Å². The van der Waals surface area contributed by atoms with Gasteiger partial charge < -0.3 is 29.0 Å². The van der Waals surface area contributed by atoms with Gasteiger partial charge in [0.25, 0.3) is 5.91 Å². The molecule has 0 unspecified atom stereocenters. The van der Waals surface area contributed by atoms with Crippen LogP contribution < -0.4 is 24.3 Å². The molecule has 1 aliphatic carbocycles. The molecule has 2 aromatic rings. The lowest BCUT2D eigenvalue weighted by molar-refractivity contribution is -0.153. The van der Waals surface area contributed by atoms with Crippen molar-refractivity contribution in [3.63, 3.8) is 0 Å². The molecule has 170 valence electrons. The number of nitrogens with one attached hydrogen (secondary N) is 1. The zero-order valence-corrected chi connectivity index (χ0v) is 18.3. The van der Waals surface area contributed by atoms with E-state index in [1.807, 2.05) is 18.2 Å². The molecule has 32 heavy (non-hydrogen) atoms. The van der Waals surface area contributed by atoms with Gasteiger partial charge in [0, 0.05) is 23.9 Å². The van der Waals surface area contributed by atoms with E-state index in [2.05, 4.69) is 5.32 Å². The number of hydrogen-bond acceptors (Lipinski definition) is 7. The Morgan fingerprint density at radius 3 is 2.25 bits per heavy atom. The maximum Gasteiger partial charge on any atom is 0.317 e. The van der Waals surface area contributed by atoms with E-state index < -0.39 is 17.3 Å². The molecule has 8 heteroatoms. The minimum atomic E-state index is -0.782. The number of anilines is 1. The van der Waals surface area contributed by atoms with Crippen molar-refractivity contribution in [2.45, 2.75) is 31.1 Å². The highest BCUT2D eigenvalue weighted by molar-refractivity contribution is 5.94. The lowest BCUT2D eigenvalue weighted by Gasteiger charge is -2.28. The van der Waals surface area contributed by atoms with E-state index in [1.54, 1.807) is 18.2 Å². The van der Waals surface area contributed by atoms with Crippen LogP contribution in [0.1, 0.15) is 31.2 Å². The number of ether oxygens (including phenoxy) is 5. The van der Waals surface area contributed by atoms with Gasteiger partial charge in [-0.25, -0.2) is 0 Å². The van der Waals surface area contributed by atoms with Gasteiger partial charge in [0.1, 0.15) is 24.7 Å². The Morgan fingerprint density at radius 1 is 0.938 bits per heavy atom. The predicted octanol–water partition coefficient (Wildman–Crippen LogP) is 3.47. The number of carbonyl (C=O) groups excluding carboxylic acids is 2. The Hall–Kier alpha value is -3.42. The molecule has 0 saturated heterocycles. The molecule has 0 aromatic heterocycles. The highest BCUT2D eigenvalue weighted by Crippen LogP contribution is 2.45. The topological polar surface area (TPSA) is 92.3 Å². The molecule has 1 aliphatic heterocycles. The van der Waals surface area contributed by atoms with Gasteiger partial charge in [0.2, 0.25) is 0 Å². The van der Waals surface area contributed by atoms with Crippen LogP contribution in [-0.4, -0.2) is 45.9 Å². The van der Waals surface area contributed by atoms with Crippen LogP contribution in [0.5, 0.6) is 23.0 Å². The number of benzene rings is 2. The molecule has 8 nitrogen and oxygen atoms in total. The summed E-state index contributed by atoms with van der Waals surface area (Å²) < 4.78 is 27.2. The average Bonchev–Trinajstić information content (AvgIpc) is 3.33. The molecule has 0 atom stereocenters. The number of carbonyl (C=O) groups is 2. The van der Waals surface area contributed by atoms with Crippen molar-refractivity contribution in [3.8, 4) is 23.0 Å². The van der Waals surface area contributed by atoms with Crippen LogP contribution in [0.3, 0.4) is 0 Å². The first-order valence-electron chi connectivity index (χ1n) is 10.6. The van der Waals surface area contributed by atoms with Crippen molar-refractivity contribution in [2.75, 3.05) is 39.4 Å². The van der Waals surface area contributed by atoms with Gasteiger partial charge in [-0.1, -0.05) is 18.9 Å². The molecule has 1 saturated carbocycles. The summed E-state index contributed by atoms with van der Waals surface area (Å²) in [5.74, 6) is 1.56. The molecule has 1 heterocycles. The molecule has 0 radical (unpaired) electrons. The number of methoxy groups -OCH3 is 2. The molecular weight excluding hydrogens is 414 g/mol. The van der Waals surface area contributed by atoms with E-state index in [-0.39, 0.29) is 6.61 Å². The first-order valence-corrected chi connectivity index (χ1v) is 10.6. The number of amides is 1. The number of esters is 1. The van der Waals surface area contributed by atoms with E-state index in [1.165, 1.54) is 14.2 Å². The fourth-order valence-corrected chi connectivity index (χ4v) is 4.28. The fraction of sp³-hybridized carbons (Fsp3) is 0.417. The quantitative estimate of drug-likeness (QED) is 0.658. The second-order valence-corrected chi connectivity index (χ2v) is 7.87. The fourth-order valence-electron chi connectivity index (χ4n) is 4.28. The summed E-state index contributed by atoms with van der Waals surface area (Å²) in [6, 6.07) is 10.6. The SMILES string of the molecule is COc1cc(NC(=O)COC(=O)C2(c3ccc4c(c3)OCCO4)CCCC2)cc(OC)c1. The minimum absolute atomic E-state index is 0.384. The van der Waals surface area contributed by atoms with Gasteiger partial charge in [0.05, 0.1) is 19.6 Å². The number of rotatable bonds is 7. The summed E-state index contributed by atoms with van der Waals surface area (Å²) >= 11 is 0. The second kappa shape index (κ2) is 9.38. The van der Waals surface area contributed by atoms with Gasteiger partial charge in [-0.3, -0.25) is 9.59 Å². The largest absolute Gasteiger partial charge is 0.497 e. The van der Waals surface area contributed by atoms with Gasteiger partial charge in [0.15, 0.2) is 18.1 Å². The van der Waals surface area contributed by atoms with Crippen molar-refractivity contribution in [1.29, 1.82) is 0 Å². The maximum absolute atomic E-state index is 13.2. The van der Waals surface area contributed by atoms with E-state index in [9.17, 15) is 9.59 Å². The van der Waals surface area contributed by atoms with E-state index in [0.717, 1.165) is 18.4 Å². The third-order valence-electron chi connectivity index (χ3n) is 5.91.